The molecule has 16 heavy (non-hydrogen) atoms. The van der Waals surface area contributed by atoms with Crippen LogP contribution in [0.1, 0.15) is 19.5 Å². The van der Waals surface area contributed by atoms with Gasteiger partial charge in [0.25, 0.3) is 0 Å². The summed E-state index contributed by atoms with van der Waals surface area (Å²) in [6, 6.07) is 5.99. The highest BCUT2D eigenvalue weighted by atomic mass is 16.5. The second-order valence-electron chi connectivity index (χ2n) is 4.72. The number of nitrogens with zero attached hydrogens (tertiary/aromatic N) is 2. The molecule has 2 heterocycles. The molecule has 1 aliphatic rings. The van der Waals surface area contributed by atoms with Crippen LogP contribution in [0.3, 0.4) is 0 Å². The molecule has 2 rings (SSSR count). The zero-order valence-electron chi connectivity index (χ0n) is 9.94. The minimum absolute atomic E-state index is 0.0986. The standard InChI is InChI=1S/C12H19N3O/c1-12(2)9-15(6-7-16-12)11-5-3-4-10(8-13)14-11/h3-5H,6-9,13H2,1-2H3. The average Bonchev–Trinajstić information content (AvgIpc) is 2.28. The summed E-state index contributed by atoms with van der Waals surface area (Å²) in [4.78, 5) is 6.78. The number of anilines is 1. The molecule has 0 aliphatic carbocycles. The van der Waals surface area contributed by atoms with Gasteiger partial charge < -0.3 is 15.4 Å². The van der Waals surface area contributed by atoms with Gasteiger partial charge in [-0.15, -0.1) is 0 Å². The third-order valence-corrected chi connectivity index (χ3v) is 2.75. The Hall–Kier alpha value is -1.13. The van der Waals surface area contributed by atoms with Crippen LogP contribution in [-0.4, -0.2) is 30.3 Å². The summed E-state index contributed by atoms with van der Waals surface area (Å²) >= 11 is 0. The van der Waals surface area contributed by atoms with E-state index in [0.717, 1.165) is 31.2 Å². The van der Waals surface area contributed by atoms with Crippen molar-refractivity contribution in [2.45, 2.75) is 26.0 Å². The van der Waals surface area contributed by atoms with E-state index in [0.29, 0.717) is 6.54 Å². The third-order valence-electron chi connectivity index (χ3n) is 2.75. The Morgan fingerprint density at radius 2 is 2.31 bits per heavy atom. The van der Waals surface area contributed by atoms with Crippen molar-refractivity contribution in [2.75, 3.05) is 24.6 Å². The van der Waals surface area contributed by atoms with Crippen molar-refractivity contribution in [3.05, 3.63) is 23.9 Å². The van der Waals surface area contributed by atoms with Crippen LogP contribution in [0.25, 0.3) is 0 Å². The van der Waals surface area contributed by atoms with Gasteiger partial charge in [0.2, 0.25) is 0 Å². The number of aromatic nitrogens is 1. The van der Waals surface area contributed by atoms with Gasteiger partial charge in [0, 0.05) is 19.6 Å². The highest BCUT2D eigenvalue weighted by Crippen LogP contribution is 2.21. The zero-order chi connectivity index (χ0) is 11.6. The molecule has 88 valence electrons. The Bertz CT molecular complexity index is 365. The Balaban J connectivity index is 2.16. The lowest BCUT2D eigenvalue weighted by molar-refractivity contribution is -0.0279. The number of hydrogen-bond acceptors (Lipinski definition) is 4. The summed E-state index contributed by atoms with van der Waals surface area (Å²) in [5.74, 6) is 0.999. The maximum atomic E-state index is 5.68. The van der Waals surface area contributed by atoms with Gasteiger partial charge in [0.15, 0.2) is 0 Å². The number of pyridine rings is 1. The lowest BCUT2D eigenvalue weighted by atomic mass is 10.1. The Morgan fingerprint density at radius 3 is 3.00 bits per heavy atom. The minimum Gasteiger partial charge on any atom is -0.372 e. The predicted molar refractivity (Wildman–Crippen MR) is 64.4 cm³/mol. The van der Waals surface area contributed by atoms with E-state index in [2.05, 4.69) is 23.7 Å². The van der Waals surface area contributed by atoms with E-state index in [4.69, 9.17) is 10.5 Å². The molecule has 0 saturated carbocycles. The number of hydrogen-bond donors (Lipinski definition) is 1. The zero-order valence-corrected chi connectivity index (χ0v) is 9.94. The summed E-state index contributed by atoms with van der Waals surface area (Å²) in [7, 11) is 0. The largest absolute Gasteiger partial charge is 0.372 e. The van der Waals surface area contributed by atoms with Crippen LogP contribution in [0.2, 0.25) is 0 Å². The summed E-state index contributed by atoms with van der Waals surface area (Å²) in [6.07, 6.45) is 0. The molecular weight excluding hydrogens is 202 g/mol. The second kappa shape index (κ2) is 4.39. The first-order valence-electron chi connectivity index (χ1n) is 5.66. The van der Waals surface area contributed by atoms with Crippen molar-refractivity contribution < 1.29 is 4.74 Å². The highest BCUT2D eigenvalue weighted by Gasteiger charge is 2.27. The van der Waals surface area contributed by atoms with E-state index in [-0.39, 0.29) is 5.60 Å². The molecule has 1 aromatic heterocycles. The van der Waals surface area contributed by atoms with Gasteiger partial charge in [-0.2, -0.15) is 0 Å². The lowest BCUT2D eigenvalue weighted by Gasteiger charge is -2.38. The molecule has 0 radical (unpaired) electrons. The molecule has 0 amide bonds. The summed E-state index contributed by atoms with van der Waals surface area (Å²) in [5, 5.41) is 0. The van der Waals surface area contributed by atoms with Crippen LogP contribution in [-0.2, 0) is 11.3 Å². The second-order valence-corrected chi connectivity index (χ2v) is 4.72. The predicted octanol–water partition coefficient (Wildman–Crippen LogP) is 1.16. The molecule has 1 saturated heterocycles. The first-order valence-corrected chi connectivity index (χ1v) is 5.66. The van der Waals surface area contributed by atoms with Crippen LogP contribution in [0.4, 0.5) is 5.82 Å². The number of rotatable bonds is 2. The van der Waals surface area contributed by atoms with E-state index >= 15 is 0 Å². The molecule has 0 unspecified atom stereocenters. The molecule has 1 aromatic rings. The number of ether oxygens (including phenoxy) is 1. The van der Waals surface area contributed by atoms with Crippen molar-refractivity contribution in [2.24, 2.45) is 5.73 Å². The first-order chi connectivity index (χ1) is 7.61. The molecule has 4 heteroatoms. The van der Waals surface area contributed by atoms with Crippen LogP contribution in [0, 0.1) is 0 Å². The van der Waals surface area contributed by atoms with Crippen LogP contribution >= 0.6 is 0 Å². The van der Waals surface area contributed by atoms with Crippen LogP contribution in [0.5, 0.6) is 0 Å². The van der Waals surface area contributed by atoms with Gasteiger partial charge >= 0.3 is 0 Å². The Morgan fingerprint density at radius 1 is 1.50 bits per heavy atom. The fourth-order valence-corrected chi connectivity index (χ4v) is 1.97. The maximum absolute atomic E-state index is 5.68. The molecule has 0 aromatic carbocycles. The van der Waals surface area contributed by atoms with Gasteiger partial charge in [-0.25, -0.2) is 4.98 Å². The van der Waals surface area contributed by atoms with Crippen molar-refractivity contribution in [3.63, 3.8) is 0 Å². The van der Waals surface area contributed by atoms with Gasteiger partial charge in [0.05, 0.1) is 17.9 Å². The van der Waals surface area contributed by atoms with Crippen LogP contribution < -0.4 is 10.6 Å². The van der Waals surface area contributed by atoms with E-state index in [1.54, 1.807) is 0 Å². The molecular formula is C12H19N3O. The minimum atomic E-state index is -0.0986. The average molecular weight is 221 g/mol. The van der Waals surface area contributed by atoms with Crippen molar-refractivity contribution in [3.8, 4) is 0 Å². The van der Waals surface area contributed by atoms with Gasteiger partial charge in [-0.1, -0.05) is 6.07 Å². The molecule has 0 spiro atoms. The Kier molecular flexibility index (Phi) is 3.12. The summed E-state index contributed by atoms with van der Waals surface area (Å²) in [6.45, 7) is 7.21. The molecule has 0 atom stereocenters. The number of nitrogens with two attached hydrogens (primary N) is 1. The molecule has 2 N–H and O–H groups in total. The Labute approximate surface area is 96.4 Å². The van der Waals surface area contributed by atoms with Crippen molar-refractivity contribution >= 4 is 5.82 Å². The highest BCUT2D eigenvalue weighted by molar-refractivity contribution is 5.40. The lowest BCUT2D eigenvalue weighted by Crippen LogP contribution is -2.48. The molecule has 0 bridgehead atoms. The topological polar surface area (TPSA) is 51.4 Å². The number of morpholine rings is 1. The fraction of sp³-hybridized carbons (Fsp3) is 0.583. The normalized spacial score (nSPS) is 19.8. The van der Waals surface area contributed by atoms with Crippen molar-refractivity contribution in [1.82, 2.24) is 4.98 Å². The quantitative estimate of drug-likeness (QED) is 0.814. The SMILES string of the molecule is CC1(C)CN(c2cccc(CN)n2)CCO1. The van der Waals surface area contributed by atoms with E-state index in [9.17, 15) is 0 Å². The molecule has 4 nitrogen and oxygen atoms in total. The molecule has 1 fully saturated rings. The first kappa shape index (κ1) is 11.4. The van der Waals surface area contributed by atoms with Gasteiger partial charge in [-0.05, 0) is 26.0 Å². The van der Waals surface area contributed by atoms with Crippen molar-refractivity contribution in [1.29, 1.82) is 0 Å². The monoisotopic (exact) mass is 221 g/mol. The summed E-state index contributed by atoms with van der Waals surface area (Å²) < 4.78 is 5.68. The maximum Gasteiger partial charge on any atom is 0.129 e. The molecule has 1 aliphatic heterocycles. The third kappa shape index (κ3) is 2.51. The fourth-order valence-electron chi connectivity index (χ4n) is 1.97. The van der Waals surface area contributed by atoms with Gasteiger partial charge in [0.1, 0.15) is 5.82 Å². The van der Waals surface area contributed by atoms with Crippen LogP contribution in [0.15, 0.2) is 18.2 Å². The smallest absolute Gasteiger partial charge is 0.129 e. The van der Waals surface area contributed by atoms with Gasteiger partial charge in [-0.3, -0.25) is 0 Å². The van der Waals surface area contributed by atoms with E-state index < -0.39 is 0 Å². The van der Waals surface area contributed by atoms with E-state index in [1.807, 2.05) is 18.2 Å². The van der Waals surface area contributed by atoms with E-state index in [1.165, 1.54) is 0 Å². The summed E-state index contributed by atoms with van der Waals surface area (Å²) in [5.41, 5.74) is 6.43.